The van der Waals surface area contributed by atoms with Crippen molar-refractivity contribution in [1.82, 2.24) is 0 Å². The SMILES string of the molecule is CCOc1ccccc1-c1[c]cccc1. The molecule has 0 atom stereocenters. The Labute approximate surface area is 90.3 Å². The predicted molar refractivity (Wildman–Crippen MR) is 61.9 cm³/mol. The van der Waals surface area contributed by atoms with Crippen LogP contribution in [0.1, 0.15) is 6.92 Å². The first-order chi connectivity index (χ1) is 7.42. The molecule has 0 spiro atoms. The Hall–Kier alpha value is -1.76. The van der Waals surface area contributed by atoms with Gasteiger partial charge in [-0.3, -0.25) is 0 Å². The van der Waals surface area contributed by atoms with E-state index in [0.717, 1.165) is 16.9 Å². The van der Waals surface area contributed by atoms with E-state index in [1.807, 2.05) is 49.4 Å². The quantitative estimate of drug-likeness (QED) is 0.731. The summed E-state index contributed by atoms with van der Waals surface area (Å²) in [4.78, 5) is 0. The number of rotatable bonds is 3. The molecule has 2 rings (SSSR count). The van der Waals surface area contributed by atoms with Crippen LogP contribution >= 0.6 is 0 Å². The van der Waals surface area contributed by atoms with Gasteiger partial charge in [0, 0.05) is 5.56 Å². The third-order valence-electron chi connectivity index (χ3n) is 2.19. The molecule has 0 aliphatic heterocycles. The molecule has 2 aromatic carbocycles. The largest absolute Gasteiger partial charge is 0.493 e. The molecule has 0 heterocycles. The molecule has 0 saturated carbocycles. The number of hydrogen-bond acceptors (Lipinski definition) is 1. The number of hydrogen-bond donors (Lipinski definition) is 0. The van der Waals surface area contributed by atoms with Gasteiger partial charge in [0.05, 0.1) is 6.61 Å². The molecule has 0 N–H and O–H groups in total. The average Bonchev–Trinajstić information content (AvgIpc) is 2.31. The first-order valence-corrected chi connectivity index (χ1v) is 5.10. The number of benzene rings is 2. The van der Waals surface area contributed by atoms with Crippen LogP contribution in [0.4, 0.5) is 0 Å². The molecule has 0 unspecified atom stereocenters. The van der Waals surface area contributed by atoms with Gasteiger partial charge in [-0.2, -0.15) is 0 Å². The van der Waals surface area contributed by atoms with Gasteiger partial charge in [0.25, 0.3) is 0 Å². The fourth-order valence-electron chi connectivity index (χ4n) is 1.53. The Morgan fingerprint density at radius 1 is 1.07 bits per heavy atom. The van der Waals surface area contributed by atoms with E-state index in [-0.39, 0.29) is 0 Å². The Balaban J connectivity index is 2.43. The zero-order valence-corrected chi connectivity index (χ0v) is 8.73. The fraction of sp³-hybridized carbons (Fsp3) is 0.143. The Morgan fingerprint density at radius 2 is 1.87 bits per heavy atom. The molecule has 15 heavy (non-hydrogen) atoms. The molecule has 2 aromatic rings. The highest BCUT2D eigenvalue weighted by atomic mass is 16.5. The summed E-state index contributed by atoms with van der Waals surface area (Å²) in [5.74, 6) is 0.919. The summed E-state index contributed by atoms with van der Waals surface area (Å²) < 4.78 is 5.57. The zero-order valence-electron chi connectivity index (χ0n) is 8.73. The number of para-hydroxylation sites is 1. The molecule has 0 aliphatic carbocycles. The summed E-state index contributed by atoms with van der Waals surface area (Å²) in [6.45, 7) is 2.68. The minimum atomic E-state index is 0.684. The average molecular weight is 197 g/mol. The van der Waals surface area contributed by atoms with Gasteiger partial charge in [0.1, 0.15) is 5.75 Å². The van der Waals surface area contributed by atoms with E-state index in [4.69, 9.17) is 4.74 Å². The van der Waals surface area contributed by atoms with E-state index in [2.05, 4.69) is 12.1 Å². The highest BCUT2D eigenvalue weighted by Crippen LogP contribution is 2.28. The summed E-state index contributed by atoms with van der Waals surface area (Å²) in [5, 5.41) is 0. The van der Waals surface area contributed by atoms with Crippen LogP contribution in [0.3, 0.4) is 0 Å². The van der Waals surface area contributed by atoms with Gasteiger partial charge < -0.3 is 4.74 Å². The minimum absolute atomic E-state index is 0.684. The van der Waals surface area contributed by atoms with Crippen molar-refractivity contribution >= 4 is 0 Å². The van der Waals surface area contributed by atoms with Gasteiger partial charge >= 0.3 is 0 Å². The van der Waals surface area contributed by atoms with Crippen LogP contribution in [0, 0.1) is 6.07 Å². The lowest BCUT2D eigenvalue weighted by atomic mass is 10.1. The van der Waals surface area contributed by atoms with Crippen molar-refractivity contribution in [2.24, 2.45) is 0 Å². The van der Waals surface area contributed by atoms with Crippen molar-refractivity contribution in [3.63, 3.8) is 0 Å². The molecule has 0 aromatic heterocycles. The molecular weight excluding hydrogens is 184 g/mol. The van der Waals surface area contributed by atoms with Crippen LogP contribution in [-0.4, -0.2) is 6.61 Å². The maximum Gasteiger partial charge on any atom is 0.127 e. The van der Waals surface area contributed by atoms with Crippen LogP contribution in [-0.2, 0) is 0 Å². The molecule has 0 fully saturated rings. The third-order valence-corrected chi connectivity index (χ3v) is 2.19. The highest BCUT2D eigenvalue weighted by molar-refractivity contribution is 5.69. The van der Waals surface area contributed by atoms with E-state index in [1.54, 1.807) is 0 Å². The normalized spacial score (nSPS) is 9.93. The first-order valence-electron chi connectivity index (χ1n) is 5.10. The molecule has 0 amide bonds. The lowest BCUT2D eigenvalue weighted by Crippen LogP contribution is -1.93. The van der Waals surface area contributed by atoms with E-state index < -0.39 is 0 Å². The maximum atomic E-state index is 5.57. The zero-order chi connectivity index (χ0) is 10.5. The van der Waals surface area contributed by atoms with E-state index in [9.17, 15) is 0 Å². The summed E-state index contributed by atoms with van der Waals surface area (Å²) in [6.07, 6.45) is 0. The molecule has 1 heteroatoms. The highest BCUT2D eigenvalue weighted by Gasteiger charge is 2.03. The van der Waals surface area contributed by atoms with Gasteiger partial charge in [0.2, 0.25) is 0 Å². The molecule has 0 saturated heterocycles. The van der Waals surface area contributed by atoms with Crippen molar-refractivity contribution in [3.05, 3.63) is 54.6 Å². The third kappa shape index (κ3) is 2.18. The molecule has 75 valence electrons. The van der Waals surface area contributed by atoms with Crippen LogP contribution in [0.2, 0.25) is 0 Å². The van der Waals surface area contributed by atoms with Crippen molar-refractivity contribution in [2.45, 2.75) is 6.92 Å². The minimum Gasteiger partial charge on any atom is -0.493 e. The standard InChI is InChI=1S/C14H13O/c1-2-15-14-11-7-6-10-13(14)12-8-4-3-5-9-12/h3-8,10-11H,2H2,1H3. The van der Waals surface area contributed by atoms with Crippen LogP contribution in [0.15, 0.2) is 48.5 Å². The van der Waals surface area contributed by atoms with Gasteiger partial charge in [-0.15, -0.1) is 0 Å². The second-order valence-corrected chi connectivity index (χ2v) is 3.21. The molecule has 0 aliphatic rings. The van der Waals surface area contributed by atoms with E-state index in [0.29, 0.717) is 6.61 Å². The van der Waals surface area contributed by atoms with Crippen LogP contribution < -0.4 is 4.74 Å². The Bertz CT molecular complexity index is 420. The number of ether oxygens (including phenoxy) is 1. The molecule has 1 radical (unpaired) electrons. The topological polar surface area (TPSA) is 9.23 Å². The summed E-state index contributed by atoms with van der Waals surface area (Å²) in [7, 11) is 0. The van der Waals surface area contributed by atoms with Crippen molar-refractivity contribution < 1.29 is 4.74 Å². The maximum absolute atomic E-state index is 5.57. The summed E-state index contributed by atoms with van der Waals surface area (Å²) in [5.41, 5.74) is 2.17. The lowest BCUT2D eigenvalue weighted by Gasteiger charge is -2.09. The second-order valence-electron chi connectivity index (χ2n) is 3.21. The van der Waals surface area contributed by atoms with Crippen LogP contribution in [0.5, 0.6) is 5.75 Å². The first kappa shape index (κ1) is 9.78. The monoisotopic (exact) mass is 197 g/mol. The van der Waals surface area contributed by atoms with Crippen molar-refractivity contribution in [2.75, 3.05) is 6.61 Å². The van der Waals surface area contributed by atoms with Gasteiger partial charge in [-0.1, -0.05) is 42.5 Å². The Kier molecular flexibility index (Phi) is 3.03. The van der Waals surface area contributed by atoms with Gasteiger partial charge in [0.15, 0.2) is 0 Å². The van der Waals surface area contributed by atoms with Crippen molar-refractivity contribution in [1.29, 1.82) is 0 Å². The van der Waals surface area contributed by atoms with E-state index >= 15 is 0 Å². The summed E-state index contributed by atoms with van der Waals surface area (Å²) >= 11 is 0. The van der Waals surface area contributed by atoms with Gasteiger partial charge in [-0.25, -0.2) is 0 Å². The second kappa shape index (κ2) is 4.65. The smallest absolute Gasteiger partial charge is 0.127 e. The fourth-order valence-corrected chi connectivity index (χ4v) is 1.53. The molecular formula is C14H13O. The lowest BCUT2D eigenvalue weighted by molar-refractivity contribution is 0.341. The summed E-state index contributed by atoms with van der Waals surface area (Å²) in [6, 6.07) is 19.2. The van der Waals surface area contributed by atoms with Crippen molar-refractivity contribution in [3.8, 4) is 16.9 Å². The van der Waals surface area contributed by atoms with Gasteiger partial charge in [-0.05, 0) is 24.6 Å². The molecule has 0 bridgehead atoms. The molecule has 1 nitrogen and oxygen atoms in total. The Morgan fingerprint density at radius 3 is 2.60 bits per heavy atom. The van der Waals surface area contributed by atoms with Crippen LogP contribution in [0.25, 0.3) is 11.1 Å². The predicted octanol–water partition coefficient (Wildman–Crippen LogP) is 3.55. The van der Waals surface area contributed by atoms with E-state index in [1.165, 1.54) is 0 Å².